The molecule has 0 aliphatic carbocycles. The molecule has 344 valence electrons. The highest BCUT2D eigenvalue weighted by atomic mass is 79.9. The fourth-order valence-electron chi connectivity index (χ4n) is 7.30. The van der Waals surface area contributed by atoms with Gasteiger partial charge in [0.05, 0.1) is 20.4 Å². The molecule has 2 unspecified atom stereocenters. The molecule has 2 aliphatic heterocycles. The van der Waals surface area contributed by atoms with Crippen molar-refractivity contribution in [3.05, 3.63) is 78.9 Å². The molecule has 6 aromatic rings. The van der Waals surface area contributed by atoms with E-state index in [1.165, 1.54) is 27.0 Å². The minimum Gasteiger partial charge on any atom is -0.328 e. The lowest BCUT2D eigenvalue weighted by molar-refractivity contribution is -0.116. The SMILES string of the molecule is C=CC(=O)Nc1sc2c(c1-c1nc3cc(Br)ccc3s1)CCN(C(C)C)C2.CCC(C)N.CCC(C)NCCC(=O)Nc1sc2c(c1-c1nc3cc(Br)ccc3s1)CCN(C(C)C)C2. The Morgan fingerprint density at radius 1 is 0.766 bits per heavy atom. The molecule has 16 heteroatoms. The number of halogens is 2. The normalized spacial score (nSPS) is 15.0. The van der Waals surface area contributed by atoms with Gasteiger partial charge in [0.1, 0.15) is 20.0 Å². The number of hydrogen-bond donors (Lipinski definition) is 4. The first-order valence-electron chi connectivity index (χ1n) is 22.2. The first kappa shape index (κ1) is 50.5. The number of thiazole rings is 2. The van der Waals surface area contributed by atoms with Crippen molar-refractivity contribution in [1.82, 2.24) is 25.1 Å². The number of thiophene rings is 2. The van der Waals surface area contributed by atoms with Gasteiger partial charge in [0.15, 0.2) is 0 Å². The van der Waals surface area contributed by atoms with E-state index in [-0.39, 0.29) is 11.8 Å². The molecule has 0 fully saturated rings. The summed E-state index contributed by atoms with van der Waals surface area (Å²) in [5.41, 5.74) is 12.2. The zero-order valence-corrected chi connectivity index (χ0v) is 44.6. The Hall–Kier alpha value is -2.90. The van der Waals surface area contributed by atoms with Crippen molar-refractivity contribution < 1.29 is 9.59 Å². The number of amides is 2. The maximum Gasteiger partial charge on any atom is 0.248 e. The molecule has 2 aliphatic rings. The van der Waals surface area contributed by atoms with Crippen molar-refractivity contribution in [1.29, 1.82) is 0 Å². The minimum atomic E-state index is -0.181. The highest BCUT2D eigenvalue weighted by molar-refractivity contribution is 9.10. The fourth-order valence-corrected chi connectivity index (χ4v) is 12.7. The second kappa shape index (κ2) is 23.2. The molecular formula is C48H62Br2N8O2S4. The predicted octanol–water partition coefficient (Wildman–Crippen LogP) is 12.7. The maximum absolute atomic E-state index is 12.8. The molecule has 5 N–H and O–H groups in total. The van der Waals surface area contributed by atoms with Crippen LogP contribution < -0.4 is 21.7 Å². The summed E-state index contributed by atoms with van der Waals surface area (Å²) in [6.07, 6.45) is 5.90. The Morgan fingerprint density at radius 3 is 1.66 bits per heavy atom. The van der Waals surface area contributed by atoms with Crippen LogP contribution in [0.5, 0.6) is 0 Å². The van der Waals surface area contributed by atoms with E-state index in [4.69, 9.17) is 15.7 Å². The molecule has 0 bridgehead atoms. The van der Waals surface area contributed by atoms with Crippen LogP contribution in [0.25, 0.3) is 41.6 Å². The van der Waals surface area contributed by atoms with Gasteiger partial charge in [0, 0.05) is 93.1 Å². The van der Waals surface area contributed by atoms with Crippen molar-refractivity contribution >= 4 is 119 Å². The highest BCUT2D eigenvalue weighted by Crippen LogP contribution is 2.47. The van der Waals surface area contributed by atoms with Crippen LogP contribution in [0.1, 0.15) is 95.5 Å². The van der Waals surface area contributed by atoms with Gasteiger partial charge >= 0.3 is 0 Å². The van der Waals surface area contributed by atoms with Crippen LogP contribution in [-0.4, -0.2) is 75.4 Å². The van der Waals surface area contributed by atoms with Gasteiger partial charge in [-0.2, -0.15) is 0 Å². The van der Waals surface area contributed by atoms with Crippen molar-refractivity contribution in [3.8, 4) is 21.1 Å². The molecule has 2 aromatic carbocycles. The molecule has 64 heavy (non-hydrogen) atoms. The van der Waals surface area contributed by atoms with Crippen LogP contribution in [0, 0.1) is 0 Å². The molecule has 6 heterocycles. The summed E-state index contributed by atoms with van der Waals surface area (Å²) in [5, 5.41) is 13.5. The second-order valence-electron chi connectivity index (χ2n) is 16.9. The van der Waals surface area contributed by atoms with Crippen LogP contribution in [-0.2, 0) is 35.5 Å². The molecular weight excluding hydrogens is 1010 g/mol. The van der Waals surface area contributed by atoms with Gasteiger partial charge in [-0.15, -0.1) is 45.3 Å². The summed E-state index contributed by atoms with van der Waals surface area (Å²) in [7, 11) is 0. The Labute approximate surface area is 411 Å². The third-order valence-corrected chi connectivity index (χ3v) is 16.9. The first-order valence-corrected chi connectivity index (χ1v) is 27.1. The number of rotatable bonds is 13. The van der Waals surface area contributed by atoms with Gasteiger partial charge in [0.25, 0.3) is 0 Å². The minimum absolute atomic E-state index is 0.0604. The molecule has 4 aromatic heterocycles. The van der Waals surface area contributed by atoms with E-state index < -0.39 is 0 Å². The Morgan fingerprint density at radius 2 is 1.23 bits per heavy atom. The van der Waals surface area contributed by atoms with Crippen molar-refractivity contribution in [2.45, 2.75) is 125 Å². The number of nitrogens with two attached hydrogens (primary N) is 1. The zero-order chi connectivity index (χ0) is 46.2. The van der Waals surface area contributed by atoms with Crippen LogP contribution in [0.3, 0.4) is 0 Å². The summed E-state index contributed by atoms with van der Waals surface area (Å²) in [4.78, 5) is 42.3. The quantitative estimate of drug-likeness (QED) is 0.0842. The molecule has 0 saturated heterocycles. The van der Waals surface area contributed by atoms with E-state index in [1.54, 1.807) is 45.3 Å². The van der Waals surface area contributed by atoms with Crippen LogP contribution >= 0.6 is 77.2 Å². The monoisotopic (exact) mass is 1070 g/mol. The lowest BCUT2D eigenvalue weighted by Gasteiger charge is -2.30. The topological polar surface area (TPSA) is 129 Å². The van der Waals surface area contributed by atoms with Crippen LogP contribution in [0.2, 0.25) is 0 Å². The number of aromatic nitrogens is 2. The van der Waals surface area contributed by atoms with E-state index in [1.807, 2.05) is 19.1 Å². The number of hydrogen-bond acceptors (Lipinski definition) is 12. The van der Waals surface area contributed by atoms with Crippen LogP contribution in [0.15, 0.2) is 58.0 Å². The molecule has 2 amide bonds. The Balaban J connectivity index is 0.000000194. The van der Waals surface area contributed by atoms with Crippen molar-refractivity contribution in [2.24, 2.45) is 5.73 Å². The highest BCUT2D eigenvalue weighted by Gasteiger charge is 2.30. The van der Waals surface area contributed by atoms with E-state index >= 15 is 0 Å². The number of nitrogens with one attached hydrogen (secondary N) is 3. The van der Waals surface area contributed by atoms with Gasteiger partial charge in [-0.1, -0.05) is 52.3 Å². The second-order valence-corrected chi connectivity index (χ2v) is 23.0. The molecule has 10 nitrogen and oxygen atoms in total. The van der Waals surface area contributed by atoms with E-state index in [2.05, 4.69) is 137 Å². The van der Waals surface area contributed by atoms with Gasteiger partial charge in [-0.25, -0.2) is 9.97 Å². The number of nitrogens with zero attached hydrogens (tertiary/aromatic N) is 4. The van der Waals surface area contributed by atoms with Crippen molar-refractivity contribution in [2.75, 3.05) is 30.3 Å². The van der Waals surface area contributed by atoms with Gasteiger partial charge in [-0.05, 0) is 121 Å². The van der Waals surface area contributed by atoms with Gasteiger partial charge in [0.2, 0.25) is 11.8 Å². The lowest BCUT2D eigenvalue weighted by Crippen LogP contribution is -2.35. The summed E-state index contributed by atoms with van der Waals surface area (Å²) < 4.78 is 4.36. The molecule has 0 saturated carbocycles. The molecule has 2 atom stereocenters. The third kappa shape index (κ3) is 12.7. The predicted molar refractivity (Wildman–Crippen MR) is 284 cm³/mol. The maximum atomic E-state index is 12.8. The van der Waals surface area contributed by atoms with E-state index in [9.17, 15) is 9.59 Å². The zero-order valence-electron chi connectivity index (χ0n) is 38.2. The molecule has 0 radical (unpaired) electrons. The fraction of sp³-hybridized carbons (Fsp3) is 0.458. The average Bonchev–Trinajstić information content (AvgIpc) is 4.04. The Bertz CT molecular complexity index is 2560. The number of anilines is 2. The van der Waals surface area contributed by atoms with E-state index in [0.717, 1.165) is 112 Å². The third-order valence-electron chi connectivity index (χ3n) is 11.5. The number of carbonyl (C=O) groups is 2. The molecule has 0 spiro atoms. The first-order chi connectivity index (χ1) is 30.6. The Kier molecular flexibility index (Phi) is 18.3. The number of benzene rings is 2. The number of carbonyl (C=O) groups excluding carboxylic acids is 2. The lowest BCUT2D eigenvalue weighted by atomic mass is 10.0. The number of fused-ring (bicyclic) bond motifs is 4. The molecule has 8 rings (SSSR count). The largest absolute Gasteiger partial charge is 0.328 e. The summed E-state index contributed by atoms with van der Waals surface area (Å²) in [6, 6.07) is 14.2. The van der Waals surface area contributed by atoms with Gasteiger partial charge < -0.3 is 21.7 Å². The van der Waals surface area contributed by atoms with E-state index in [0.29, 0.717) is 37.1 Å². The summed E-state index contributed by atoms with van der Waals surface area (Å²) >= 11 is 13.9. The van der Waals surface area contributed by atoms with Crippen LogP contribution in [0.4, 0.5) is 10.0 Å². The average molecular weight is 1070 g/mol. The smallest absolute Gasteiger partial charge is 0.248 e. The standard InChI is InChI=1S/C24H31BrN4OS2.C20H20BrN3OS2.C4H11N/c1-5-15(4)26-10-8-21(30)28-24-22(17-9-11-29(14(2)3)13-20(17)32-24)23-27-18-12-16(25)6-7-19(18)31-23;1-4-17(25)23-20-18(13-7-8-24(11(2)3)10-16(13)27-20)19-22-14-9-12(21)5-6-15(14)26-19;1-3-4(2)5/h6-7,12,14-15,26H,5,8-11,13H2,1-4H3,(H,28,30);4-6,9,11H,1,7-8,10H2,2-3H3,(H,23,25);4H,3,5H2,1-2H3. The van der Waals surface area contributed by atoms with Crippen molar-refractivity contribution in [3.63, 3.8) is 0 Å². The summed E-state index contributed by atoms with van der Waals surface area (Å²) in [6.45, 7) is 25.5. The summed E-state index contributed by atoms with van der Waals surface area (Å²) in [5.74, 6) is -0.121. The van der Waals surface area contributed by atoms with Gasteiger partial charge in [-0.3, -0.25) is 19.4 Å².